The summed E-state index contributed by atoms with van der Waals surface area (Å²) in [6, 6.07) is 0. The molecule has 0 spiro atoms. The van der Waals surface area contributed by atoms with Gasteiger partial charge in [0.1, 0.15) is 0 Å². The van der Waals surface area contributed by atoms with Gasteiger partial charge in [-0.15, -0.1) is 0 Å². The predicted molar refractivity (Wildman–Crippen MR) is 90.3 cm³/mol. The highest BCUT2D eigenvalue weighted by molar-refractivity contribution is 4.63. The minimum Gasteiger partial charge on any atom is -0.395 e. The lowest BCUT2D eigenvalue weighted by Gasteiger charge is -2.27. The molecule has 1 saturated heterocycles. The van der Waals surface area contributed by atoms with Crippen LogP contribution < -0.4 is 0 Å². The highest BCUT2D eigenvalue weighted by atomic mass is 16.6. The van der Waals surface area contributed by atoms with Crippen molar-refractivity contribution in [2.75, 3.05) is 105 Å². The molecule has 2 N–H and O–H groups in total. The highest BCUT2D eigenvalue weighted by Crippen LogP contribution is 1.95. The van der Waals surface area contributed by atoms with Gasteiger partial charge in [0.15, 0.2) is 0 Å². The molecule has 0 aliphatic carbocycles. The lowest BCUT2D eigenvalue weighted by molar-refractivity contribution is -0.00918. The number of aliphatic hydroxyl groups is 2. The van der Waals surface area contributed by atoms with Crippen molar-refractivity contribution in [3.8, 4) is 0 Å². The third-order valence-corrected chi connectivity index (χ3v) is 3.78. The van der Waals surface area contributed by atoms with Gasteiger partial charge < -0.3 is 29.2 Å². The summed E-state index contributed by atoms with van der Waals surface area (Å²) in [4.78, 5) is 4.34. The quantitative estimate of drug-likeness (QED) is 0.644. The van der Waals surface area contributed by atoms with E-state index in [9.17, 15) is 10.2 Å². The average molecular weight is 350 g/mol. The van der Waals surface area contributed by atoms with Crippen LogP contribution in [0.3, 0.4) is 0 Å². The van der Waals surface area contributed by atoms with E-state index in [2.05, 4.69) is 9.80 Å². The van der Waals surface area contributed by atoms with Crippen LogP contribution in [0.2, 0.25) is 0 Å². The second-order valence-corrected chi connectivity index (χ2v) is 5.58. The zero-order valence-electron chi connectivity index (χ0n) is 14.7. The van der Waals surface area contributed by atoms with Crippen molar-refractivity contribution in [1.29, 1.82) is 0 Å². The van der Waals surface area contributed by atoms with E-state index in [1.807, 2.05) is 0 Å². The number of ether oxygens (including phenoxy) is 4. The number of rotatable bonds is 4. The number of β-amino-alcohol motifs (C(OH)–C–C–N with tert-alkyl or cyclic N) is 2. The van der Waals surface area contributed by atoms with E-state index in [4.69, 9.17) is 18.9 Å². The summed E-state index contributed by atoms with van der Waals surface area (Å²) < 4.78 is 22.0. The van der Waals surface area contributed by atoms with Gasteiger partial charge in [-0.25, -0.2) is 0 Å². The largest absolute Gasteiger partial charge is 0.395 e. The monoisotopic (exact) mass is 350 g/mol. The Morgan fingerprint density at radius 3 is 1.17 bits per heavy atom. The van der Waals surface area contributed by atoms with E-state index < -0.39 is 0 Å². The van der Waals surface area contributed by atoms with Crippen LogP contribution in [0.15, 0.2) is 0 Å². The zero-order valence-corrected chi connectivity index (χ0v) is 14.7. The van der Waals surface area contributed by atoms with Gasteiger partial charge in [0.2, 0.25) is 0 Å². The third kappa shape index (κ3) is 12.1. The van der Waals surface area contributed by atoms with Crippen LogP contribution >= 0.6 is 0 Å². The molecule has 0 bridgehead atoms. The number of hydrogen-bond donors (Lipinski definition) is 2. The van der Waals surface area contributed by atoms with Crippen LogP contribution in [0.1, 0.15) is 0 Å². The lowest BCUT2D eigenvalue weighted by atomic mass is 10.4. The van der Waals surface area contributed by atoms with Gasteiger partial charge in [-0.2, -0.15) is 0 Å². The van der Waals surface area contributed by atoms with Crippen molar-refractivity contribution < 1.29 is 29.2 Å². The maximum atomic E-state index is 9.20. The average Bonchev–Trinajstić information content (AvgIpc) is 2.58. The van der Waals surface area contributed by atoms with Crippen LogP contribution in [0, 0.1) is 0 Å². The second-order valence-electron chi connectivity index (χ2n) is 5.58. The topological polar surface area (TPSA) is 83.9 Å². The zero-order chi connectivity index (χ0) is 17.3. The first-order valence-electron chi connectivity index (χ1n) is 8.84. The molecule has 0 aromatic heterocycles. The van der Waals surface area contributed by atoms with Crippen LogP contribution in [-0.4, -0.2) is 125 Å². The molecule has 0 amide bonds. The summed E-state index contributed by atoms with van der Waals surface area (Å²) in [6.07, 6.45) is 0. The van der Waals surface area contributed by atoms with E-state index in [0.29, 0.717) is 65.9 Å². The normalized spacial score (nSPS) is 22.8. The Morgan fingerprint density at radius 1 is 0.500 bits per heavy atom. The molecule has 8 heteroatoms. The lowest BCUT2D eigenvalue weighted by Crippen LogP contribution is -2.40. The molecule has 0 unspecified atom stereocenters. The van der Waals surface area contributed by atoms with Gasteiger partial charge >= 0.3 is 0 Å². The molecule has 0 saturated carbocycles. The molecule has 1 aliphatic rings. The second kappa shape index (κ2) is 16.2. The van der Waals surface area contributed by atoms with Crippen molar-refractivity contribution in [2.24, 2.45) is 0 Å². The molecule has 8 nitrogen and oxygen atoms in total. The molecule has 0 aromatic rings. The van der Waals surface area contributed by atoms with E-state index in [-0.39, 0.29) is 13.2 Å². The van der Waals surface area contributed by atoms with E-state index >= 15 is 0 Å². The number of nitrogens with zero attached hydrogens (tertiary/aromatic N) is 2. The minimum atomic E-state index is 0.131. The molecule has 0 radical (unpaired) electrons. The number of hydrogen-bond acceptors (Lipinski definition) is 8. The Bertz CT molecular complexity index is 247. The van der Waals surface area contributed by atoms with Crippen LogP contribution in [0.25, 0.3) is 0 Å². The van der Waals surface area contributed by atoms with Crippen LogP contribution in [0.5, 0.6) is 0 Å². The van der Waals surface area contributed by atoms with E-state index in [1.54, 1.807) is 0 Å². The Balaban J connectivity index is 2.38. The van der Waals surface area contributed by atoms with Crippen molar-refractivity contribution in [1.82, 2.24) is 9.80 Å². The van der Waals surface area contributed by atoms with Gasteiger partial charge in [-0.3, -0.25) is 9.80 Å². The molecular weight excluding hydrogens is 316 g/mol. The summed E-state index contributed by atoms with van der Waals surface area (Å²) in [7, 11) is 0. The van der Waals surface area contributed by atoms with E-state index in [0.717, 1.165) is 26.2 Å². The summed E-state index contributed by atoms with van der Waals surface area (Å²) in [5.41, 5.74) is 0. The molecule has 1 rings (SSSR count). The summed E-state index contributed by atoms with van der Waals surface area (Å²) in [5, 5.41) is 18.4. The number of aliphatic hydroxyl groups excluding tert-OH is 2. The summed E-state index contributed by atoms with van der Waals surface area (Å²) in [5.74, 6) is 0. The van der Waals surface area contributed by atoms with Crippen molar-refractivity contribution in [2.45, 2.75) is 0 Å². The van der Waals surface area contributed by atoms with Crippen molar-refractivity contribution in [3.63, 3.8) is 0 Å². The fraction of sp³-hybridized carbons (Fsp3) is 1.00. The van der Waals surface area contributed by atoms with Gasteiger partial charge in [-0.1, -0.05) is 0 Å². The SMILES string of the molecule is OCCN1CCOCCOCCOCCOCCN(CCO)CC1. The molecule has 24 heavy (non-hydrogen) atoms. The third-order valence-electron chi connectivity index (χ3n) is 3.78. The fourth-order valence-electron chi connectivity index (χ4n) is 2.39. The minimum absolute atomic E-state index is 0.131. The molecular formula is C16H34N2O6. The Hall–Kier alpha value is -0.320. The van der Waals surface area contributed by atoms with Crippen molar-refractivity contribution in [3.05, 3.63) is 0 Å². The van der Waals surface area contributed by atoms with Gasteiger partial charge in [-0.05, 0) is 0 Å². The molecule has 0 atom stereocenters. The van der Waals surface area contributed by atoms with E-state index in [1.165, 1.54) is 0 Å². The Morgan fingerprint density at radius 2 is 0.833 bits per heavy atom. The molecule has 1 aliphatic heterocycles. The van der Waals surface area contributed by atoms with Crippen LogP contribution in [-0.2, 0) is 18.9 Å². The first-order valence-corrected chi connectivity index (χ1v) is 8.84. The van der Waals surface area contributed by atoms with Gasteiger partial charge in [0.05, 0.1) is 66.1 Å². The van der Waals surface area contributed by atoms with Gasteiger partial charge in [0.25, 0.3) is 0 Å². The molecule has 144 valence electrons. The molecule has 1 fully saturated rings. The first kappa shape index (κ1) is 21.7. The Kier molecular flexibility index (Phi) is 14.6. The maximum Gasteiger partial charge on any atom is 0.0701 e. The van der Waals surface area contributed by atoms with Crippen molar-refractivity contribution >= 4 is 0 Å². The van der Waals surface area contributed by atoms with Crippen LogP contribution in [0.4, 0.5) is 0 Å². The van der Waals surface area contributed by atoms with Gasteiger partial charge in [0, 0.05) is 39.3 Å². The summed E-state index contributed by atoms with van der Waals surface area (Å²) >= 11 is 0. The molecule has 1 heterocycles. The molecule has 0 aromatic carbocycles. The fourth-order valence-corrected chi connectivity index (χ4v) is 2.39. The smallest absolute Gasteiger partial charge is 0.0701 e. The maximum absolute atomic E-state index is 9.20. The highest BCUT2D eigenvalue weighted by Gasteiger charge is 2.09. The predicted octanol–water partition coefficient (Wildman–Crippen LogP) is -1.34. The summed E-state index contributed by atoms with van der Waals surface area (Å²) in [6.45, 7) is 9.29. The first-order chi connectivity index (χ1) is 11.9. The Labute approximate surface area is 145 Å². The standard InChI is InChI=1S/C16H34N2O6/c19-7-3-17-1-2-18(4-8-20)6-10-22-12-14-24-16-15-23-13-11-21-9-5-17/h19-20H,1-16H2.